The molecule has 0 spiro atoms. The Balaban J connectivity index is 2.45. The Labute approximate surface area is 76.4 Å². The topological polar surface area (TPSA) is 49.3 Å². The van der Waals surface area contributed by atoms with Crippen LogP contribution in [0.1, 0.15) is 17.5 Å². The number of carbonyl (C=O) groups excluding carboxylic acids is 1. The minimum Gasteiger partial charge on any atom is -0.392 e. The van der Waals surface area contributed by atoms with Crippen molar-refractivity contribution in [3.05, 3.63) is 29.3 Å². The zero-order chi connectivity index (χ0) is 9.26. The number of fused-ring (bicyclic) bond motifs is 1. The lowest BCUT2D eigenvalue weighted by molar-refractivity contribution is -0.116. The standard InChI is InChI=1S/C10H11NO2/c12-6-7-2-1-3-9-8(7)4-5-10(13)11-9/h1-3,12H,4-6H2,(H,11,13). The monoisotopic (exact) mass is 177 g/mol. The van der Waals surface area contributed by atoms with Crippen LogP contribution >= 0.6 is 0 Å². The Morgan fingerprint density at radius 3 is 3.00 bits per heavy atom. The second-order valence-electron chi connectivity index (χ2n) is 3.15. The fraction of sp³-hybridized carbons (Fsp3) is 0.300. The van der Waals surface area contributed by atoms with Gasteiger partial charge in [-0.15, -0.1) is 0 Å². The van der Waals surface area contributed by atoms with Crippen LogP contribution in [0.5, 0.6) is 0 Å². The van der Waals surface area contributed by atoms with E-state index >= 15 is 0 Å². The molecule has 0 aromatic heterocycles. The number of benzene rings is 1. The summed E-state index contributed by atoms with van der Waals surface area (Å²) in [6.07, 6.45) is 1.25. The fourth-order valence-electron chi connectivity index (χ4n) is 1.65. The summed E-state index contributed by atoms with van der Waals surface area (Å²) in [5, 5.41) is 11.8. The molecule has 0 fully saturated rings. The number of nitrogens with one attached hydrogen (secondary N) is 1. The predicted molar refractivity (Wildman–Crippen MR) is 49.3 cm³/mol. The molecule has 0 unspecified atom stereocenters. The average molecular weight is 177 g/mol. The third kappa shape index (κ3) is 1.42. The number of hydrogen-bond acceptors (Lipinski definition) is 2. The van der Waals surface area contributed by atoms with Gasteiger partial charge in [0.05, 0.1) is 6.61 Å². The largest absolute Gasteiger partial charge is 0.392 e. The van der Waals surface area contributed by atoms with Crippen LogP contribution in [0.2, 0.25) is 0 Å². The highest BCUT2D eigenvalue weighted by Gasteiger charge is 2.16. The first kappa shape index (κ1) is 8.26. The predicted octanol–water partition coefficient (Wildman–Crippen LogP) is 1.06. The maximum atomic E-state index is 11.1. The zero-order valence-corrected chi connectivity index (χ0v) is 7.21. The average Bonchev–Trinajstić information content (AvgIpc) is 2.16. The van der Waals surface area contributed by atoms with Gasteiger partial charge >= 0.3 is 0 Å². The maximum Gasteiger partial charge on any atom is 0.224 e. The van der Waals surface area contributed by atoms with Crippen LogP contribution in [-0.4, -0.2) is 11.0 Å². The van der Waals surface area contributed by atoms with Gasteiger partial charge in [-0.2, -0.15) is 0 Å². The number of amides is 1. The lowest BCUT2D eigenvalue weighted by Gasteiger charge is -2.18. The molecule has 3 heteroatoms. The lowest BCUT2D eigenvalue weighted by Crippen LogP contribution is -2.19. The first-order chi connectivity index (χ1) is 6.31. The highest BCUT2D eigenvalue weighted by Crippen LogP contribution is 2.25. The Morgan fingerprint density at radius 1 is 1.38 bits per heavy atom. The first-order valence-electron chi connectivity index (χ1n) is 4.33. The van der Waals surface area contributed by atoms with Crippen LogP contribution in [-0.2, 0) is 17.8 Å². The van der Waals surface area contributed by atoms with Crippen molar-refractivity contribution in [2.45, 2.75) is 19.4 Å². The number of hydrogen-bond donors (Lipinski definition) is 2. The van der Waals surface area contributed by atoms with E-state index in [-0.39, 0.29) is 12.5 Å². The van der Waals surface area contributed by atoms with Gasteiger partial charge < -0.3 is 10.4 Å². The van der Waals surface area contributed by atoms with E-state index in [9.17, 15) is 4.79 Å². The lowest BCUT2D eigenvalue weighted by atomic mass is 9.98. The summed E-state index contributed by atoms with van der Waals surface area (Å²) in [5.41, 5.74) is 2.84. The van der Waals surface area contributed by atoms with Crippen LogP contribution in [0.3, 0.4) is 0 Å². The normalized spacial score (nSPS) is 15.0. The molecule has 0 radical (unpaired) electrons. The van der Waals surface area contributed by atoms with Crippen molar-refractivity contribution in [1.29, 1.82) is 0 Å². The molecule has 0 saturated heterocycles. The van der Waals surface area contributed by atoms with E-state index in [1.807, 2.05) is 18.2 Å². The minimum absolute atomic E-state index is 0.0407. The Hall–Kier alpha value is -1.35. The number of aliphatic hydroxyl groups is 1. The van der Waals surface area contributed by atoms with Crippen LogP contribution in [0, 0.1) is 0 Å². The third-order valence-corrected chi connectivity index (χ3v) is 2.32. The molecule has 1 aliphatic rings. The van der Waals surface area contributed by atoms with Crippen molar-refractivity contribution in [2.75, 3.05) is 5.32 Å². The molecule has 13 heavy (non-hydrogen) atoms. The van der Waals surface area contributed by atoms with Gasteiger partial charge in [0.2, 0.25) is 5.91 Å². The van der Waals surface area contributed by atoms with E-state index in [0.29, 0.717) is 6.42 Å². The molecule has 1 amide bonds. The SMILES string of the molecule is O=C1CCc2c(CO)cccc2N1. The van der Waals surface area contributed by atoms with E-state index in [0.717, 1.165) is 23.2 Å². The molecule has 3 nitrogen and oxygen atoms in total. The molecular formula is C10H11NO2. The quantitative estimate of drug-likeness (QED) is 0.674. The number of carbonyl (C=O) groups is 1. The molecule has 1 aromatic carbocycles. The number of aliphatic hydroxyl groups excluding tert-OH is 1. The van der Waals surface area contributed by atoms with Crippen LogP contribution < -0.4 is 5.32 Å². The summed E-state index contributed by atoms with van der Waals surface area (Å²) in [6, 6.07) is 5.60. The number of anilines is 1. The Bertz CT molecular complexity index is 347. The molecule has 1 heterocycles. The van der Waals surface area contributed by atoms with Gasteiger partial charge in [-0.1, -0.05) is 12.1 Å². The van der Waals surface area contributed by atoms with Crippen molar-refractivity contribution < 1.29 is 9.90 Å². The van der Waals surface area contributed by atoms with Crippen molar-refractivity contribution in [3.8, 4) is 0 Å². The summed E-state index contributed by atoms with van der Waals surface area (Å²) in [6.45, 7) is 0.0407. The molecular weight excluding hydrogens is 166 g/mol. The van der Waals surface area contributed by atoms with Crippen molar-refractivity contribution in [1.82, 2.24) is 0 Å². The fourth-order valence-corrected chi connectivity index (χ4v) is 1.65. The summed E-state index contributed by atoms with van der Waals surface area (Å²) in [7, 11) is 0. The van der Waals surface area contributed by atoms with E-state index in [1.165, 1.54) is 0 Å². The summed E-state index contributed by atoms with van der Waals surface area (Å²) < 4.78 is 0. The molecule has 68 valence electrons. The van der Waals surface area contributed by atoms with E-state index in [2.05, 4.69) is 5.32 Å². The smallest absolute Gasteiger partial charge is 0.224 e. The second kappa shape index (κ2) is 3.18. The second-order valence-corrected chi connectivity index (χ2v) is 3.15. The molecule has 0 bridgehead atoms. The van der Waals surface area contributed by atoms with Gasteiger partial charge in [0.25, 0.3) is 0 Å². The molecule has 2 N–H and O–H groups in total. The van der Waals surface area contributed by atoms with Gasteiger partial charge in [-0.05, 0) is 23.6 Å². The van der Waals surface area contributed by atoms with Gasteiger partial charge in [0.15, 0.2) is 0 Å². The zero-order valence-electron chi connectivity index (χ0n) is 7.21. The van der Waals surface area contributed by atoms with Crippen LogP contribution in [0.25, 0.3) is 0 Å². The highest BCUT2D eigenvalue weighted by molar-refractivity contribution is 5.94. The summed E-state index contributed by atoms with van der Waals surface area (Å²) in [4.78, 5) is 11.1. The van der Waals surface area contributed by atoms with Gasteiger partial charge in [0, 0.05) is 12.1 Å². The van der Waals surface area contributed by atoms with E-state index in [1.54, 1.807) is 0 Å². The molecule has 0 aliphatic carbocycles. The van der Waals surface area contributed by atoms with E-state index in [4.69, 9.17) is 5.11 Å². The van der Waals surface area contributed by atoms with E-state index < -0.39 is 0 Å². The molecule has 2 rings (SSSR count). The molecule has 1 aliphatic heterocycles. The number of rotatable bonds is 1. The summed E-state index contributed by atoms with van der Waals surface area (Å²) in [5.74, 6) is 0.0580. The first-order valence-corrected chi connectivity index (χ1v) is 4.33. The minimum atomic E-state index is 0.0407. The van der Waals surface area contributed by atoms with Gasteiger partial charge in [-0.25, -0.2) is 0 Å². The maximum absolute atomic E-state index is 11.1. The molecule has 0 atom stereocenters. The van der Waals surface area contributed by atoms with Gasteiger partial charge in [-0.3, -0.25) is 4.79 Å². The Kier molecular flexibility index (Phi) is 2.02. The van der Waals surface area contributed by atoms with Crippen molar-refractivity contribution in [2.24, 2.45) is 0 Å². The summed E-state index contributed by atoms with van der Waals surface area (Å²) >= 11 is 0. The highest BCUT2D eigenvalue weighted by atomic mass is 16.3. The van der Waals surface area contributed by atoms with Gasteiger partial charge in [0.1, 0.15) is 0 Å². The third-order valence-electron chi connectivity index (χ3n) is 2.32. The van der Waals surface area contributed by atoms with Crippen LogP contribution in [0.4, 0.5) is 5.69 Å². The van der Waals surface area contributed by atoms with Crippen LogP contribution in [0.15, 0.2) is 18.2 Å². The van der Waals surface area contributed by atoms with Crippen molar-refractivity contribution in [3.63, 3.8) is 0 Å². The Morgan fingerprint density at radius 2 is 2.23 bits per heavy atom. The molecule has 1 aromatic rings. The van der Waals surface area contributed by atoms with Crippen molar-refractivity contribution >= 4 is 11.6 Å². The molecule has 0 saturated carbocycles.